The fraction of sp³-hybridized carbons (Fsp3) is 0.462. The second-order valence-corrected chi connectivity index (χ2v) is 8.77. The van der Waals surface area contributed by atoms with Gasteiger partial charge in [-0.15, -0.1) is 0 Å². The smallest absolute Gasteiger partial charge is 0.259 e. The Bertz CT molecular complexity index is 1130. The molecule has 1 aliphatic heterocycles. The van der Waals surface area contributed by atoms with Gasteiger partial charge in [-0.2, -0.15) is 0 Å². The maximum atomic E-state index is 12.6. The number of hydrogen-bond acceptors (Lipinski definition) is 5. The van der Waals surface area contributed by atoms with Gasteiger partial charge in [-0.25, -0.2) is 0 Å². The second-order valence-electron chi connectivity index (χ2n) is 8.77. The van der Waals surface area contributed by atoms with Gasteiger partial charge in [0.1, 0.15) is 11.5 Å². The highest BCUT2D eigenvalue weighted by Gasteiger charge is 2.23. The van der Waals surface area contributed by atoms with Gasteiger partial charge in [0.25, 0.3) is 5.56 Å². The molecule has 6 heteroatoms. The summed E-state index contributed by atoms with van der Waals surface area (Å²) >= 11 is 0. The van der Waals surface area contributed by atoms with Crippen LogP contribution in [0.5, 0.6) is 11.5 Å². The minimum atomic E-state index is -0.0564. The number of ether oxygens (including phenoxy) is 2. The van der Waals surface area contributed by atoms with Crippen molar-refractivity contribution < 1.29 is 9.47 Å². The number of likely N-dealkylation sites (tertiary alicyclic amines) is 1. The summed E-state index contributed by atoms with van der Waals surface area (Å²) in [5.41, 5.74) is 2.93. The number of nitrogens with zero attached hydrogens (tertiary/aromatic N) is 3. The van der Waals surface area contributed by atoms with Crippen molar-refractivity contribution in [3.05, 3.63) is 52.7 Å². The molecular weight excluding hydrogens is 402 g/mol. The van der Waals surface area contributed by atoms with Gasteiger partial charge in [0.05, 0.1) is 25.2 Å². The number of benzene rings is 1. The first-order valence-corrected chi connectivity index (χ1v) is 11.5. The molecule has 1 unspecified atom stereocenters. The van der Waals surface area contributed by atoms with E-state index in [0.717, 1.165) is 59.1 Å². The van der Waals surface area contributed by atoms with Crippen LogP contribution in [-0.2, 0) is 13.6 Å². The molecule has 0 amide bonds. The maximum absolute atomic E-state index is 12.6. The summed E-state index contributed by atoms with van der Waals surface area (Å²) < 4.78 is 13.3. The lowest BCUT2D eigenvalue weighted by molar-refractivity contribution is 0.158. The molecule has 2 aromatic heterocycles. The third kappa shape index (κ3) is 4.37. The van der Waals surface area contributed by atoms with Gasteiger partial charge in [-0.05, 0) is 60.9 Å². The van der Waals surface area contributed by atoms with Crippen molar-refractivity contribution in [3.8, 4) is 22.6 Å². The van der Waals surface area contributed by atoms with E-state index in [4.69, 9.17) is 9.47 Å². The van der Waals surface area contributed by atoms with Crippen molar-refractivity contribution in [1.82, 2.24) is 14.5 Å². The largest absolute Gasteiger partial charge is 0.496 e. The number of aryl methyl sites for hydroxylation is 1. The number of aromatic nitrogens is 2. The molecule has 0 N–H and O–H groups in total. The minimum absolute atomic E-state index is 0.0564. The van der Waals surface area contributed by atoms with Crippen molar-refractivity contribution in [2.45, 2.75) is 39.2 Å². The first kappa shape index (κ1) is 22.3. The summed E-state index contributed by atoms with van der Waals surface area (Å²) in [7, 11) is 5.19. The fourth-order valence-electron chi connectivity index (χ4n) is 5.00. The van der Waals surface area contributed by atoms with Crippen LogP contribution in [0.25, 0.3) is 21.9 Å². The molecule has 6 nitrogen and oxygen atoms in total. The van der Waals surface area contributed by atoms with Crippen molar-refractivity contribution in [3.63, 3.8) is 0 Å². The van der Waals surface area contributed by atoms with E-state index < -0.39 is 0 Å². The molecule has 0 spiro atoms. The SMILES string of the molecule is CCCC1CCCN(Cc2c(OC)cc(-c3cn(C)c(=O)c4cnccc34)cc2OC)C1. The zero-order valence-corrected chi connectivity index (χ0v) is 19.6. The zero-order chi connectivity index (χ0) is 22.7. The standard InChI is InChI=1S/C26H33N3O3/c1-5-7-18-8-6-11-29(15-18)17-23-24(31-3)12-19(13-25(23)32-4)22-16-28(2)26(30)21-14-27-10-9-20(21)22/h9-10,12-14,16,18H,5-8,11,15,17H2,1-4H3. The van der Waals surface area contributed by atoms with Crippen LogP contribution in [-0.4, -0.2) is 41.8 Å². The molecule has 0 bridgehead atoms. The van der Waals surface area contributed by atoms with E-state index in [9.17, 15) is 4.79 Å². The molecule has 170 valence electrons. The number of pyridine rings is 2. The van der Waals surface area contributed by atoms with E-state index in [2.05, 4.69) is 28.9 Å². The number of piperidine rings is 1. The van der Waals surface area contributed by atoms with Crippen molar-refractivity contribution >= 4 is 10.8 Å². The molecule has 1 saturated heterocycles. The van der Waals surface area contributed by atoms with Crippen molar-refractivity contribution in [2.75, 3.05) is 27.3 Å². The number of fused-ring (bicyclic) bond motifs is 1. The highest BCUT2D eigenvalue weighted by molar-refractivity contribution is 5.95. The van der Waals surface area contributed by atoms with Crippen LogP contribution in [0.15, 0.2) is 41.6 Å². The minimum Gasteiger partial charge on any atom is -0.496 e. The average molecular weight is 436 g/mol. The van der Waals surface area contributed by atoms with Gasteiger partial charge >= 0.3 is 0 Å². The van der Waals surface area contributed by atoms with Crippen LogP contribution in [0.1, 0.15) is 38.2 Å². The molecule has 4 rings (SSSR count). The van der Waals surface area contributed by atoms with Crippen LogP contribution >= 0.6 is 0 Å². The topological polar surface area (TPSA) is 56.6 Å². The van der Waals surface area contributed by atoms with Crippen LogP contribution in [0.3, 0.4) is 0 Å². The zero-order valence-electron chi connectivity index (χ0n) is 19.6. The summed E-state index contributed by atoms with van der Waals surface area (Å²) in [5.74, 6) is 2.40. The van der Waals surface area contributed by atoms with Crippen LogP contribution in [0.2, 0.25) is 0 Å². The van der Waals surface area contributed by atoms with Gasteiger partial charge < -0.3 is 14.0 Å². The van der Waals surface area contributed by atoms with Gasteiger partial charge in [-0.1, -0.05) is 13.3 Å². The van der Waals surface area contributed by atoms with Crippen LogP contribution in [0.4, 0.5) is 0 Å². The predicted molar refractivity (Wildman–Crippen MR) is 128 cm³/mol. The Morgan fingerprint density at radius 2 is 1.91 bits per heavy atom. The Labute approximate surface area is 189 Å². The summed E-state index contributed by atoms with van der Waals surface area (Å²) in [6.45, 7) is 5.31. The molecule has 32 heavy (non-hydrogen) atoms. The quantitative estimate of drug-likeness (QED) is 0.542. The molecule has 0 aliphatic carbocycles. The Morgan fingerprint density at radius 1 is 1.16 bits per heavy atom. The second kappa shape index (κ2) is 9.74. The molecule has 3 heterocycles. The average Bonchev–Trinajstić information content (AvgIpc) is 2.82. The fourth-order valence-corrected chi connectivity index (χ4v) is 5.00. The highest BCUT2D eigenvalue weighted by Crippen LogP contribution is 2.38. The normalized spacial score (nSPS) is 16.9. The van der Waals surface area contributed by atoms with Gasteiger partial charge in [0.15, 0.2) is 0 Å². The molecular formula is C26H33N3O3. The van der Waals surface area contributed by atoms with E-state index in [1.807, 2.05) is 12.3 Å². The molecule has 1 aliphatic rings. The van der Waals surface area contributed by atoms with E-state index in [1.54, 1.807) is 38.2 Å². The Hall–Kier alpha value is -2.86. The predicted octanol–water partition coefficient (Wildman–Crippen LogP) is 4.63. The lowest BCUT2D eigenvalue weighted by atomic mass is 9.93. The lowest BCUT2D eigenvalue weighted by Crippen LogP contribution is -2.35. The maximum Gasteiger partial charge on any atom is 0.259 e. The van der Waals surface area contributed by atoms with E-state index in [1.165, 1.54) is 25.7 Å². The Kier molecular flexibility index (Phi) is 6.80. The molecule has 0 saturated carbocycles. The molecule has 3 aromatic rings. The number of rotatable bonds is 7. The highest BCUT2D eigenvalue weighted by atomic mass is 16.5. The van der Waals surface area contributed by atoms with Gasteiger partial charge in [0.2, 0.25) is 0 Å². The van der Waals surface area contributed by atoms with E-state index in [0.29, 0.717) is 5.39 Å². The van der Waals surface area contributed by atoms with Crippen molar-refractivity contribution in [2.24, 2.45) is 13.0 Å². The molecule has 1 atom stereocenters. The number of hydrogen-bond donors (Lipinski definition) is 0. The molecule has 1 aromatic carbocycles. The monoisotopic (exact) mass is 435 g/mol. The third-order valence-corrected chi connectivity index (χ3v) is 6.59. The summed E-state index contributed by atoms with van der Waals surface area (Å²) in [5, 5.41) is 1.48. The van der Waals surface area contributed by atoms with Crippen LogP contribution in [0, 0.1) is 5.92 Å². The van der Waals surface area contributed by atoms with Crippen LogP contribution < -0.4 is 15.0 Å². The summed E-state index contributed by atoms with van der Waals surface area (Å²) in [6.07, 6.45) is 10.3. The molecule has 0 radical (unpaired) electrons. The van der Waals surface area contributed by atoms with Gasteiger partial charge in [0, 0.05) is 44.3 Å². The van der Waals surface area contributed by atoms with Gasteiger partial charge in [-0.3, -0.25) is 14.7 Å². The summed E-state index contributed by atoms with van der Waals surface area (Å²) in [6, 6.07) is 6.01. The Morgan fingerprint density at radius 3 is 2.59 bits per heavy atom. The molecule has 1 fully saturated rings. The van der Waals surface area contributed by atoms with E-state index >= 15 is 0 Å². The lowest BCUT2D eigenvalue weighted by Gasteiger charge is -2.33. The Balaban J connectivity index is 1.75. The first-order valence-electron chi connectivity index (χ1n) is 11.5. The first-order chi connectivity index (χ1) is 15.5. The third-order valence-electron chi connectivity index (χ3n) is 6.59. The summed E-state index contributed by atoms with van der Waals surface area (Å²) in [4.78, 5) is 19.2. The van der Waals surface area contributed by atoms with E-state index in [-0.39, 0.29) is 5.56 Å². The number of methoxy groups -OCH3 is 2. The van der Waals surface area contributed by atoms with Crippen molar-refractivity contribution in [1.29, 1.82) is 0 Å².